The lowest BCUT2D eigenvalue weighted by Gasteiger charge is -2.47. The molecule has 1 atom stereocenters. The minimum absolute atomic E-state index is 0.0582. The maximum atomic E-state index is 13.6. The number of benzene rings is 1. The SMILES string of the molecule is NCC1CCc2ccc(F)cc2C12CCOCC2. The molecule has 1 aromatic carbocycles. The van der Waals surface area contributed by atoms with Gasteiger partial charge in [0.15, 0.2) is 0 Å². The van der Waals surface area contributed by atoms with Crippen LogP contribution in [0.4, 0.5) is 4.39 Å². The summed E-state index contributed by atoms with van der Waals surface area (Å²) in [6.45, 7) is 2.23. The highest BCUT2D eigenvalue weighted by Crippen LogP contribution is 2.47. The highest BCUT2D eigenvalue weighted by Gasteiger charge is 2.44. The number of fused-ring (bicyclic) bond motifs is 2. The number of rotatable bonds is 1. The first-order valence-corrected chi connectivity index (χ1v) is 6.83. The molecule has 1 saturated heterocycles. The van der Waals surface area contributed by atoms with Gasteiger partial charge in [0.2, 0.25) is 0 Å². The molecule has 1 heterocycles. The van der Waals surface area contributed by atoms with Crippen molar-refractivity contribution in [1.29, 1.82) is 0 Å². The minimum Gasteiger partial charge on any atom is -0.381 e. The van der Waals surface area contributed by atoms with Crippen LogP contribution in [0.3, 0.4) is 0 Å². The highest BCUT2D eigenvalue weighted by molar-refractivity contribution is 5.39. The Morgan fingerprint density at radius 1 is 1.33 bits per heavy atom. The van der Waals surface area contributed by atoms with E-state index in [2.05, 4.69) is 0 Å². The van der Waals surface area contributed by atoms with Crippen molar-refractivity contribution in [2.75, 3.05) is 19.8 Å². The van der Waals surface area contributed by atoms with E-state index < -0.39 is 0 Å². The predicted molar refractivity (Wildman–Crippen MR) is 69.0 cm³/mol. The number of aryl methyl sites for hydroxylation is 1. The third-order valence-electron chi connectivity index (χ3n) is 4.82. The number of nitrogens with two attached hydrogens (primary N) is 1. The van der Waals surface area contributed by atoms with Crippen molar-refractivity contribution in [2.45, 2.75) is 31.1 Å². The van der Waals surface area contributed by atoms with Crippen molar-refractivity contribution in [3.05, 3.63) is 35.1 Å². The van der Waals surface area contributed by atoms with E-state index >= 15 is 0 Å². The summed E-state index contributed by atoms with van der Waals surface area (Å²) in [5.41, 5.74) is 8.54. The summed E-state index contributed by atoms with van der Waals surface area (Å²) in [5.74, 6) is 0.341. The Morgan fingerprint density at radius 2 is 2.11 bits per heavy atom. The molecule has 98 valence electrons. The summed E-state index contributed by atoms with van der Waals surface area (Å²) < 4.78 is 19.1. The summed E-state index contributed by atoms with van der Waals surface area (Å²) in [6.07, 6.45) is 4.10. The normalized spacial score (nSPS) is 26.0. The van der Waals surface area contributed by atoms with E-state index in [1.165, 1.54) is 11.1 Å². The van der Waals surface area contributed by atoms with Gasteiger partial charge in [-0.2, -0.15) is 0 Å². The smallest absolute Gasteiger partial charge is 0.123 e. The topological polar surface area (TPSA) is 35.2 Å². The fraction of sp³-hybridized carbons (Fsp3) is 0.600. The van der Waals surface area contributed by atoms with Crippen molar-refractivity contribution in [3.63, 3.8) is 0 Å². The zero-order valence-electron chi connectivity index (χ0n) is 10.6. The van der Waals surface area contributed by atoms with Gasteiger partial charge in [-0.1, -0.05) is 6.07 Å². The fourth-order valence-electron chi connectivity index (χ4n) is 3.81. The molecule has 1 aliphatic heterocycles. The maximum Gasteiger partial charge on any atom is 0.123 e. The first-order valence-electron chi connectivity index (χ1n) is 6.83. The predicted octanol–water partition coefficient (Wildman–Crippen LogP) is 2.40. The molecular weight excluding hydrogens is 229 g/mol. The van der Waals surface area contributed by atoms with Crippen molar-refractivity contribution in [2.24, 2.45) is 11.7 Å². The van der Waals surface area contributed by atoms with Crippen LogP contribution in [0, 0.1) is 11.7 Å². The van der Waals surface area contributed by atoms with Crippen LogP contribution in [0.5, 0.6) is 0 Å². The quantitative estimate of drug-likeness (QED) is 0.829. The molecule has 1 aliphatic carbocycles. The Bertz CT molecular complexity index is 440. The van der Waals surface area contributed by atoms with Crippen molar-refractivity contribution in [3.8, 4) is 0 Å². The Hall–Kier alpha value is -0.930. The van der Waals surface area contributed by atoms with Gasteiger partial charge in [-0.3, -0.25) is 0 Å². The Morgan fingerprint density at radius 3 is 2.83 bits per heavy atom. The third kappa shape index (κ3) is 1.77. The zero-order chi connectivity index (χ0) is 12.6. The van der Waals surface area contributed by atoms with Gasteiger partial charge in [0.1, 0.15) is 5.82 Å². The third-order valence-corrected chi connectivity index (χ3v) is 4.82. The summed E-state index contributed by atoms with van der Waals surface area (Å²) in [4.78, 5) is 0. The molecule has 0 bridgehead atoms. The maximum absolute atomic E-state index is 13.6. The minimum atomic E-state index is -0.128. The monoisotopic (exact) mass is 249 g/mol. The molecular formula is C15H20FNO. The van der Waals surface area contributed by atoms with E-state index in [-0.39, 0.29) is 11.2 Å². The fourth-order valence-corrected chi connectivity index (χ4v) is 3.81. The lowest BCUT2D eigenvalue weighted by atomic mass is 9.59. The van der Waals surface area contributed by atoms with E-state index in [4.69, 9.17) is 10.5 Å². The zero-order valence-corrected chi connectivity index (χ0v) is 10.6. The van der Waals surface area contributed by atoms with Crippen molar-refractivity contribution in [1.82, 2.24) is 0 Å². The van der Waals surface area contributed by atoms with Crippen LogP contribution < -0.4 is 5.73 Å². The van der Waals surface area contributed by atoms with Gasteiger partial charge in [-0.25, -0.2) is 4.39 Å². The van der Waals surface area contributed by atoms with Crippen LogP contribution in [0.25, 0.3) is 0 Å². The van der Waals surface area contributed by atoms with Gasteiger partial charge >= 0.3 is 0 Å². The van der Waals surface area contributed by atoms with E-state index in [1.54, 1.807) is 12.1 Å². The van der Waals surface area contributed by atoms with Crippen LogP contribution >= 0.6 is 0 Å². The van der Waals surface area contributed by atoms with E-state index in [0.29, 0.717) is 12.5 Å². The van der Waals surface area contributed by atoms with Gasteiger partial charge in [-0.05, 0) is 61.4 Å². The summed E-state index contributed by atoms with van der Waals surface area (Å²) in [7, 11) is 0. The molecule has 0 radical (unpaired) electrons. The van der Waals surface area contributed by atoms with Crippen LogP contribution in [0.2, 0.25) is 0 Å². The van der Waals surface area contributed by atoms with E-state index in [1.807, 2.05) is 6.07 Å². The van der Waals surface area contributed by atoms with Gasteiger partial charge < -0.3 is 10.5 Å². The summed E-state index contributed by atoms with van der Waals surface area (Å²) in [5, 5.41) is 0. The second kappa shape index (κ2) is 4.63. The second-order valence-electron chi connectivity index (χ2n) is 5.54. The van der Waals surface area contributed by atoms with E-state index in [0.717, 1.165) is 38.9 Å². The molecule has 1 fully saturated rings. The molecule has 2 aliphatic rings. The molecule has 0 saturated carbocycles. The standard InChI is InChI=1S/C15H20FNO/c16-13-4-2-11-1-3-12(10-17)15(14(11)9-13)5-7-18-8-6-15/h2,4,9,12H,1,3,5-8,10,17H2. The van der Waals surface area contributed by atoms with Crippen LogP contribution in [-0.4, -0.2) is 19.8 Å². The van der Waals surface area contributed by atoms with Gasteiger partial charge in [0.25, 0.3) is 0 Å². The number of hydrogen-bond acceptors (Lipinski definition) is 2. The molecule has 2 nitrogen and oxygen atoms in total. The molecule has 1 aromatic rings. The molecule has 18 heavy (non-hydrogen) atoms. The molecule has 3 heteroatoms. The van der Waals surface area contributed by atoms with Gasteiger partial charge in [0, 0.05) is 18.6 Å². The van der Waals surface area contributed by atoms with Gasteiger partial charge in [0.05, 0.1) is 0 Å². The number of hydrogen-bond donors (Lipinski definition) is 1. The molecule has 1 spiro atoms. The average molecular weight is 249 g/mol. The Kier molecular flexibility index (Phi) is 3.12. The number of halogens is 1. The molecule has 0 aromatic heterocycles. The van der Waals surface area contributed by atoms with Gasteiger partial charge in [-0.15, -0.1) is 0 Å². The molecule has 1 unspecified atom stereocenters. The molecule has 3 rings (SSSR count). The Balaban J connectivity index is 2.10. The molecule has 0 amide bonds. The number of ether oxygens (including phenoxy) is 1. The van der Waals surface area contributed by atoms with Crippen LogP contribution in [0.15, 0.2) is 18.2 Å². The largest absolute Gasteiger partial charge is 0.381 e. The Labute approximate surface area is 107 Å². The van der Waals surface area contributed by atoms with Crippen molar-refractivity contribution >= 4 is 0 Å². The van der Waals surface area contributed by atoms with E-state index in [9.17, 15) is 4.39 Å². The summed E-state index contributed by atoms with van der Waals surface area (Å²) in [6, 6.07) is 5.27. The first-order chi connectivity index (χ1) is 8.76. The van der Waals surface area contributed by atoms with Crippen molar-refractivity contribution < 1.29 is 9.13 Å². The average Bonchev–Trinajstić information content (AvgIpc) is 2.41. The van der Waals surface area contributed by atoms with Crippen LogP contribution in [0.1, 0.15) is 30.4 Å². The van der Waals surface area contributed by atoms with Crippen LogP contribution in [-0.2, 0) is 16.6 Å². The lowest BCUT2D eigenvalue weighted by molar-refractivity contribution is 0.0213. The second-order valence-corrected chi connectivity index (χ2v) is 5.54. The molecule has 2 N–H and O–H groups in total. The summed E-state index contributed by atoms with van der Waals surface area (Å²) >= 11 is 0. The first kappa shape index (κ1) is 12.1. The lowest BCUT2D eigenvalue weighted by Crippen LogP contribution is -2.47. The highest BCUT2D eigenvalue weighted by atomic mass is 19.1.